The number of anilines is 1. The molecule has 0 spiro atoms. The van der Waals surface area contributed by atoms with E-state index in [1.165, 1.54) is 68.0 Å². The van der Waals surface area contributed by atoms with Crippen molar-refractivity contribution in [3.05, 3.63) is 16.8 Å². The molecule has 1 N–H and O–H groups in total. The molecule has 0 aromatic carbocycles. The summed E-state index contributed by atoms with van der Waals surface area (Å²) in [6, 6.07) is 0.605. The number of nitrogens with zero attached hydrogens (tertiary/aromatic N) is 2. The van der Waals surface area contributed by atoms with Crippen LogP contribution >= 0.6 is 11.3 Å². The Kier molecular flexibility index (Phi) is 4.03. The van der Waals surface area contributed by atoms with E-state index in [2.05, 4.69) is 22.2 Å². The Morgan fingerprint density at radius 2 is 2.05 bits per heavy atom. The molecule has 1 saturated carbocycles. The van der Waals surface area contributed by atoms with Crippen molar-refractivity contribution in [1.82, 2.24) is 9.97 Å². The number of aromatic nitrogens is 2. The van der Waals surface area contributed by atoms with E-state index < -0.39 is 0 Å². The van der Waals surface area contributed by atoms with Gasteiger partial charge in [-0.2, -0.15) is 0 Å². The fraction of sp³-hybridized carbons (Fsp3) is 0.667. The summed E-state index contributed by atoms with van der Waals surface area (Å²) in [5.74, 6) is 1.94. The molecule has 4 heteroatoms. The molecule has 118 valence electrons. The highest BCUT2D eigenvalue weighted by Crippen LogP contribution is 2.40. The minimum atomic E-state index is 0.605. The van der Waals surface area contributed by atoms with E-state index in [0.717, 1.165) is 11.7 Å². The van der Waals surface area contributed by atoms with E-state index in [1.54, 1.807) is 16.8 Å². The molecule has 2 aliphatic rings. The highest BCUT2D eigenvalue weighted by atomic mass is 32.1. The molecule has 2 aliphatic carbocycles. The van der Waals surface area contributed by atoms with E-state index in [9.17, 15) is 0 Å². The molecule has 1 unspecified atom stereocenters. The maximum atomic E-state index is 4.62. The van der Waals surface area contributed by atoms with Crippen LogP contribution in [0.15, 0.2) is 6.33 Å². The average Bonchev–Trinajstić information content (AvgIpc) is 2.94. The third-order valence-electron chi connectivity index (χ3n) is 5.47. The first-order valence-corrected chi connectivity index (χ1v) is 9.68. The zero-order valence-corrected chi connectivity index (χ0v) is 14.2. The minimum Gasteiger partial charge on any atom is -0.367 e. The molecule has 0 saturated heterocycles. The summed E-state index contributed by atoms with van der Waals surface area (Å²) in [5.41, 5.74) is 1.55. The van der Waals surface area contributed by atoms with Gasteiger partial charge in [0.05, 0.1) is 5.39 Å². The lowest BCUT2D eigenvalue weighted by atomic mass is 9.85. The minimum absolute atomic E-state index is 0.605. The topological polar surface area (TPSA) is 37.8 Å². The van der Waals surface area contributed by atoms with Crippen molar-refractivity contribution >= 4 is 27.4 Å². The third kappa shape index (κ3) is 2.62. The van der Waals surface area contributed by atoms with Crippen molar-refractivity contribution in [1.29, 1.82) is 0 Å². The lowest BCUT2D eigenvalue weighted by Gasteiger charge is -2.24. The van der Waals surface area contributed by atoms with E-state index >= 15 is 0 Å². The Labute approximate surface area is 136 Å². The zero-order valence-electron chi connectivity index (χ0n) is 13.4. The van der Waals surface area contributed by atoms with Gasteiger partial charge >= 0.3 is 0 Å². The average molecular weight is 315 g/mol. The summed E-state index contributed by atoms with van der Waals surface area (Å²) < 4.78 is 0. The van der Waals surface area contributed by atoms with Crippen molar-refractivity contribution in [3.63, 3.8) is 0 Å². The summed E-state index contributed by atoms with van der Waals surface area (Å²) in [6.07, 6.45) is 13.5. The highest BCUT2D eigenvalue weighted by Gasteiger charge is 2.25. The van der Waals surface area contributed by atoms with Gasteiger partial charge in [0, 0.05) is 10.9 Å². The molecule has 2 aromatic heterocycles. The van der Waals surface area contributed by atoms with Crippen molar-refractivity contribution in [3.8, 4) is 0 Å². The fourth-order valence-corrected chi connectivity index (χ4v) is 5.26. The predicted octanol–water partition coefficient (Wildman–Crippen LogP) is 4.95. The molecule has 2 heterocycles. The smallest absolute Gasteiger partial charge is 0.138 e. The second kappa shape index (κ2) is 6.15. The van der Waals surface area contributed by atoms with Gasteiger partial charge in [-0.25, -0.2) is 9.97 Å². The van der Waals surface area contributed by atoms with Crippen LogP contribution < -0.4 is 5.32 Å². The lowest BCUT2D eigenvalue weighted by molar-refractivity contribution is 0.450. The van der Waals surface area contributed by atoms with Crippen LogP contribution in [0.2, 0.25) is 0 Å². The number of fused-ring (bicyclic) bond motifs is 3. The molecule has 0 radical (unpaired) electrons. The van der Waals surface area contributed by atoms with Gasteiger partial charge in [0.2, 0.25) is 0 Å². The van der Waals surface area contributed by atoms with Gasteiger partial charge in [0.25, 0.3) is 0 Å². The van der Waals surface area contributed by atoms with E-state index in [-0.39, 0.29) is 0 Å². The number of hydrogen-bond acceptors (Lipinski definition) is 4. The van der Waals surface area contributed by atoms with Crippen molar-refractivity contribution in [2.24, 2.45) is 5.92 Å². The molecular weight excluding hydrogens is 290 g/mol. The van der Waals surface area contributed by atoms with Crippen LogP contribution in [-0.4, -0.2) is 16.0 Å². The maximum Gasteiger partial charge on any atom is 0.138 e. The Bertz CT molecular complexity index is 658. The van der Waals surface area contributed by atoms with Crippen LogP contribution in [0, 0.1) is 5.92 Å². The molecule has 2 aromatic rings. The predicted molar refractivity (Wildman–Crippen MR) is 93.7 cm³/mol. The molecular formula is C18H25N3S. The Hall–Kier alpha value is -1.16. The molecule has 1 atom stereocenters. The monoisotopic (exact) mass is 315 g/mol. The first-order valence-electron chi connectivity index (χ1n) is 8.87. The van der Waals surface area contributed by atoms with Gasteiger partial charge in [-0.3, -0.25) is 0 Å². The van der Waals surface area contributed by atoms with Crippen molar-refractivity contribution in [2.75, 3.05) is 5.32 Å². The molecule has 0 aliphatic heterocycles. The van der Waals surface area contributed by atoms with Gasteiger partial charge in [-0.05, 0) is 43.6 Å². The molecule has 0 amide bonds. The number of thiophene rings is 1. The Morgan fingerprint density at radius 3 is 2.86 bits per heavy atom. The van der Waals surface area contributed by atoms with Gasteiger partial charge in [-0.1, -0.05) is 32.6 Å². The molecule has 22 heavy (non-hydrogen) atoms. The van der Waals surface area contributed by atoms with Crippen LogP contribution in [0.3, 0.4) is 0 Å². The Balaban J connectivity index is 1.70. The van der Waals surface area contributed by atoms with E-state index in [4.69, 9.17) is 0 Å². The van der Waals surface area contributed by atoms with Crippen LogP contribution in [-0.2, 0) is 12.8 Å². The number of nitrogens with one attached hydrogen (secondary N) is 1. The Morgan fingerprint density at radius 1 is 1.18 bits per heavy atom. The van der Waals surface area contributed by atoms with Crippen LogP contribution in [0.5, 0.6) is 0 Å². The van der Waals surface area contributed by atoms with Crippen molar-refractivity contribution < 1.29 is 0 Å². The van der Waals surface area contributed by atoms with Gasteiger partial charge in [0.1, 0.15) is 17.0 Å². The maximum absolute atomic E-state index is 4.62. The quantitative estimate of drug-likeness (QED) is 0.870. The van der Waals surface area contributed by atoms with Gasteiger partial charge < -0.3 is 5.32 Å². The fourth-order valence-electron chi connectivity index (χ4n) is 4.08. The SMILES string of the molecule is CCC1CCc2sc3ncnc(NC4CCCCC4)c3c2C1. The summed E-state index contributed by atoms with van der Waals surface area (Å²) in [6.45, 7) is 2.32. The molecule has 3 nitrogen and oxygen atoms in total. The largest absolute Gasteiger partial charge is 0.367 e. The molecule has 4 rings (SSSR count). The first kappa shape index (κ1) is 14.4. The lowest BCUT2D eigenvalue weighted by Crippen LogP contribution is -2.23. The van der Waals surface area contributed by atoms with E-state index in [0.29, 0.717) is 6.04 Å². The van der Waals surface area contributed by atoms with Crippen LogP contribution in [0.4, 0.5) is 5.82 Å². The second-order valence-electron chi connectivity index (χ2n) is 6.90. The van der Waals surface area contributed by atoms with Gasteiger partial charge in [0.15, 0.2) is 0 Å². The second-order valence-corrected chi connectivity index (χ2v) is 7.99. The first-order chi connectivity index (χ1) is 10.8. The molecule has 0 bridgehead atoms. The summed E-state index contributed by atoms with van der Waals surface area (Å²) in [5, 5.41) is 5.09. The number of hydrogen-bond donors (Lipinski definition) is 1. The summed E-state index contributed by atoms with van der Waals surface area (Å²) in [7, 11) is 0. The van der Waals surface area contributed by atoms with Gasteiger partial charge in [-0.15, -0.1) is 11.3 Å². The van der Waals surface area contributed by atoms with E-state index in [1.807, 2.05) is 11.3 Å². The standard InChI is InChI=1S/C18H25N3S/c1-2-12-8-9-15-14(10-12)16-17(19-11-20-18(16)22-15)21-13-6-4-3-5-7-13/h11-13H,2-10H2,1H3,(H,19,20,21). The number of aryl methyl sites for hydroxylation is 1. The summed E-state index contributed by atoms with van der Waals surface area (Å²) in [4.78, 5) is 11.9. The van der Waals surface area contributed by atoms with Crippen LogP contribution in [0.1, 0.15) is 62.3 Å². The van der Waals surface area contributed by atoms with Crippen LogP contribution in [0.25, 0.3) is 10.2 Å². The summed E-state index contributed by atoms with van der Waals surface area (Å²) >= 11 is 1.90. The third-order valence-corrected chi connectivity index (χ3v) is 6.67. The van der Waals surface area contributed by atoms with Crippen molar-refractivity contribution in [2.45, 2.75) is 70.8 Å². The number of rotatable bonds is 3. The normalized spacial score (nSPS) is 22.7. The zero-order chi connectivity index (χ0) is 14.9. The highest BCUT2D eigenvalue weighted by molar-refractivity contribution is 7.19. The molecule has 1 fully saturated rings.